The molecule has 0 saturated carbocycles. The van der Waals surface area contributed by atoms with Gasteiger partial charge in [0.05, 0.1) is 12.2 Å². The molecule has 1 aromatic rings. The predicted octanol–water partition coefficient (Wildman–Crippen LogP) is 2.38. The first-order chi connectivity index (χ1) is 9.11. The van der Waals surface area contributed by atoms with E-state index in [1.165, 1.54) is 5.56 Å². The van der Waals surface area contributed by atoms with Gasteiger partial charge in [0.2, 0.25) is 0 Å². The van der Waals surface area contributed by atoms with E-state index >= 15 is 0 Å². The van der Waals surface area contributed by atoms with Crippen LogP contribution in [0.3, 0.4) is 0 Å². The molecule has 1 aromatic carbocycles. The zero-order valence-corrected chi connectivity index (χ0v) is 11.5. The van der Waals surface area contributed by atoms with Crippen LogP contribution in [-0.2, 0) is 4.74 Å². The number of nitrogens with one attached hydrogen (secondary N) is 1. The Hall–Kier alpha value is -1.55. The third-order valence-corrected chi connectivity index (χ3v) is 4.35. The number of benzene rings is 1. The largest absolute Gasteiger partial charge is 0.441 e. The number of rotatable bonds is 1. The molecule has 102 valence electrons. The minimum atomic E-state index is -0.279. The molecule has 2 saturated heterocycles. The summed E-state index contributed by atoms with van der Waals surface area (Å²) in [6.45, 7) is 6.66. The van der Waals surface area contributed by atoms with E-state index in [0.717, 1.165) is 37.2 Å². The molecular weight excluding hydrogens is 240 g/mol. The van der Waals surface area contributed by atoms with Crippen LogP contribution in [0.5, 0.6) is 0 Å². The van der Waals surface area contributed by atoms with E-state index in [2.05, 4.69) is 25.2 Å². The SMILES string of the molecule is Cc1cccc(N2CC3(CCNCC3)OC2=O)c1C. The Labute approximate surface area is 113 Å². The average Bonchev–Trinajstić information content (AvgIpc) is 2.70. The predicted molar refractivity (Wildman–Crippen MR) is 74.6 cm³/mol. The van der Waals surface area contributed by atoms with Crippen molar-refractivity contribution < 1.29 is 9.53 Å². The molecule has 2 aliphatic rings. The first-order valence-electron chi connectivity index (χ1n) is 6.89. The number of amides is 1. The van der Waals surface area contributed by atoms with Gasteiger partial charge in [-0.05, 0) is 44.1 Å². The van der Waals surface area contributed by atoms with E-state index in [1.807, 2.05) is 12.1 Å². The second-order valence-electron chi connectivity index (χ2n) is 5.61. The maximum absolute atomic E-state index is 12.2. The Balaban J connectivity index is 1.90. The monoisotopic (exact) mass is 260 g/mol. The molecule has 2 heterocycles. The first-order valence-corrected chi connectivity index (χ1v) is 6.89. The Bertz CT molecular complexity index is 507. The highest BCUT2D eigenvalue weighted by atomic mass is 16.6. The smallest absolute Gasteiger partial charge is 0.415 e. The summed E-state index contributed by atoms with van der Waals surface area (Å²) in [6, 6.07) is 6.07. The van der Waals surface area contributed by atoms with Gasteiger partial charge in [-0.2, -0.15) is 0 Å². The number of hydrogen-bond acceptors (Lipinski definition) is 3. The fourth-order valence-corrected chi connectivity index (χ4v) is 2.98. The Morgan fingerprint density at radius 1 is 1.26 bits per heavy atom. The molecule has 0 radical (unpaired) electrons. The van der Waals surface area contributed by atoms with Crippen molar-refractivity contribution in [3.8, 4) is 0 Å². The van der Waals surface area contributed by atoms with Crippen LogP contribution in [0.25, 0.3) is 0 Å². The average molecular weight is 260 g/mol. The third kappa shape index (κ3) is 2.10. The van der Waals surface area contributed by atoms with E-state index in [4.69, 9.17) is 4.74 Å². The van der Waals surface area contributed by atoms with E-state index in [1.54, 1.807) is 4.90 Å². The van der Waals surface area contributed by atoms with Crippen LogP contribution < -0.4 is 10.2 Å². The highest BCUT2D eigenvalue weighted by molar-refractivity contribution is 5.91. The van der Waals surface area contributed by atoms with Crippen molar-refractivity contribution in [3.63, 3.8) is 0 Å². The lowest BCUT2D eigenvalue weighted by atomic mass is 9.92. The Kier molecular flexibility index (Phi) is 2.97. The standard InChI is InChI=1S/C15H20N2O2/c1-11-4-3-5-13(12(11)2)17-10-15(19-14(17)18)6-8-16-9-7-15/h3-5,16H,6-10H2,1-2H3. The lowest BCUT2D eigenvalue weighted by Gasteiger charge is -2.31. The lowest BCUT2D eigenvalue weighted by molar-refractivity contribution is 0.0316. The lowest BCUT2D eigenvalue weighted by Crippen LogP contribution is -2.44. The molecule has 2 fully saturated rings. The van der Waals surface area contributed by atoms with Crippen LogP contribution in [0.15, 0.2) is 18.2 Å². The van der Waals surface area contributed by atoms with Crippen molar-refractivity contribution in [1.82, 2.24) is 5.32 Å². The molecule has 0 aromatic heterocycles. The van der Waals surface area contributed by atoms with Crippen LogP contribution >= 0.6 is 0 Å². The number of aryl methyl sites for hydroxylation is 1. The molecule has 1 spiro atoms. The van der Waals surface area contributed by atoms with Gasteiger partial charge in [0, 0.05) is 12.8 Å². The minimum Gasteiger partial charge on any atom is -0.441 e. The van der Waals surface area contributed by atoms with Crippen molar-refractivity contribution in [2.24, 2.45) is 0 Å². The van der Waals surface area contributed by atoms with Crippen LogP contribution in [0.1, 0.15) is 24.0 Å². The van der Waals surface area contributed by atoms with Gasteiger partial charge in [0.15, 0.2) is 0 Å². The summed E-state index contributed by atoms with van der Waals surface area (Å²) in [4.78, 5) is 14.0. The number of carbonyl (C=O) groups excluding carboxylic acids is 1. The van der Waals surface area contributed by atoms with E-state index in [9.17, 15) is 4.79 Å². The minimum absolute atomic E-state index is 0.199. The number of piperidine rings is 1. The third-order valence-electron chi connectivity index (χ3n) is 4.35. The molecule has 1 N–H and O–H groups in total. The molecule has 1 amide bonds. The second kappa shape index (κ2) is 4.53. The van der Waals surface area contributed by atoms with Gasteiger partial charge in [-0.1, -0.05) is 12.1 Å². The number of anilines is 1. The molecule has 3 rings (SSSR count). The molecule has 0 bridgehead atoms. The molecular formula is C15H20N2O2. The van der Waals surface area contributed by atoms with Gasteiger partial charge < -0.3 is 10.1 Å². The van der Waals surface area contributed by atoms with Gasteiger partial charge in [-0.15, -0.1) is 0 Å². The highest BCUT2D eigenvalue weighted by Crippen LogP contribution is 2.35. The van der Waals surface area contributed by atoms with Crippen molar-refractivity contribution in [3.05, 3.63) is 29.3 Å². The summed E-state index contributed by atoms with van der Waals surface area (Å²) < 4.78 is 5.70. The first kappa shape index (κ1) is 12.5. The van der Waals surface area contributed by atoms with Gasteiger partial charge in [-0.3, -0.25) is 4.90 Å². The van der Waals surface area contributed by atoms with E-state index in [-0.39, 0.29) is 11.7 Å². The van der Waals surface area contributed by atoms with Crippen molar-refractivity contribution in [2.45, 2.75) is 32.3 Å². The zero-order chi connectivity index (χ0) is 13.5. The molecule has 19 heavy (non-hydrogen) atoms. The van der Waals surface area contributed by atoms with Gasteiger partial charge in [0.25, 0.3) is 0 Å². The van der Waals surface area contributed by atoms with Crippen LogP contribution in [0.4, 0.5) is 10.5 Å². The van der Waals surface area contributed by atoms with Crippen molar-refractivity contribution in [2.75, 3.05) is 24.5 Å². The molecule has 0 atom stereocenters. The summed E-state index contributed by atoms with van der Waals surface area (Å²) in [6.07, 6.45) is 1.61. The van der Waals surface area contributed by atoms with Crippen molar-refractivity contribution >= 4 is 11.8 Å². The summed E-state index contributed by atoms with van der Waals surface area (Å²) in [5.41, 5.74) is 3.07. The second-order valence-corrected chi connectivity index (χ2v) is 5.61. The normalized spacial score (nSPS) is 21.8. The van der Waals surface area contributed by atoms with E-state index < -0.39 is 0 Å². The van der Waals surface area contributed by atoms with Gasteiger partial charge in [-0.25, -0.2) is 4.79 Å². The number of hydrogen-bond donors (Lipinski definition) is 1. The number of ether oxygens (including phenoxy) is 1. The fourth-order valence-electron chi connectivity index (χ4n) is 2.98. The van der Waals surface area contributed by atoms with Crippen LogP contribution in [0, 0.1) is 13.8 Å². The Morgan fingerprint density at radius 3 is 2.74 bits per heavy atom. The van der Waals surface area contributed by atoms with Crippen LogP contribution in [-0.4, -0.2) is 31.3 Å². The topological polar surface area (TPSA) is 41.6 Å². The summed E-state index contributed by atoms with van der Waals surface area (Å²) in [7, 11) is 0. The Morgan fingerprint density at radius 2 is 2.00 bits per heavy atom. The van der Waals surface area contributed by atoms with Gasteiger partial charge >= 0.3 is 6.09 Å². The highest BCUT2D eigenvalue weighted by Gasteiger charge is 2.46. The quantitative estimate of drug-likeness (QED) is 0.843. The molecule has 4 heteroatoms. The zero-order valence-electron chi connectivity index (χ0n) is 11.5. The maximum atomic E-state index is 12.2. The fraction of sp³-hybridized carbons (Fsp3) is 0.533. The molecule has 0 aliphatic carbocycles. The summed E-state index contributed by atoms with van der Waals surface area (Å²) in [5, 5.41) is 3.32. The van der Waals surface area contributed by atoms with Gasteiger partial charge in [0.1, 0.15) is 5.60 Å². The molecule has 2 aliphatic heterocycles. The molecule has 4 nitrogen and oxygen atoms in total. The summed E-state index contributed by atoms with van der Waals surface area (Å²) >= 11 is 0. The van der Waals surface area contributed by atoms with Crippen LogP contribution in [0.2, 0.25) is 0 Å². The van der Waals surface area contributed by atoms with Crippen molar-refractivity contribution in [1.29, 1.82) is 0 Å². The number of carbonyl (C=O) groups is 1. The summed E-state index contributed by atoms with van der Waals surface area (Å²) in [5.74, 6) is 0. The number of nitrogens with zero attached hydrogens (tertiary/aromatic N) is 1. The van der Waals surface area contributed by atoms with E-state index in [0.29, 0.717) is 6.54 Å². The molecule has 0 unspecified atom stereocenters. The maximum Gasteiger partial charge on any atom is 0.415 e.